The highest BCUT2D eigenvalue weighted by Crippen LogP contribution is 2.31. The Balaban J connectivity index is 1.93. The van der Waals surface area contributed by atoms with Crippen LogP contribution in [0, 0.1) is 11.8 Å². The van der Waals surface area contributed by atoms with Crippen molar-refractivity contribution in [2.24, 2.45) is 11.8 Å². The van der Waals surface area contributed by atoms with Gasteiger partial charge >= 0.3 is 0 Å². The lowest BCUT2D eigenvalue weighted by Gasteiger charge is -2.23. The Bertz CT molecular complexity index is 225. The van der Waals surface area contributed by atoms with Crippen LogP contribution in [-0.2, 0) is 4.79 Å². The number of amides is 1. The average Bonchev–Trinajstić information content (AvgIpc) is 2.57. The summed E-state index contributed by atoms with van der Waals surface area (Å²) in [5.74, 6) is 1.72. The highest BCUT2D eigenvalue weighted by atomic mass is 16.2. The lowest BCUT2D eigenvalue weighted by molar-refractivity contribution is -0.128. The molecule has 0 aromatic rings. The molecule has 2 unspecified atom stereocenters. The highest BCUT2D eigenvalue weighted by molar-refractivity contribution is 5.73. The zero-order valence-corrected chi connectivity index (χ0v) is 9.36. The fourth-order valence-electron chi connectivity index (χ4n) is 2.71. The predicted octanol–water partition coefficient (Wildman–Crippen LogP) is 0.805. The van der Waals surface area contributed by atoms with E-state index in [-0.39, 0.29) is 5.91 Å². The van der Waals surface area contributed by atoms with Gasteiger partial charge in [0.05, 0.1) is 0 Å². The Kier molecular flexibility index (Phi) is 2.52. The third-order valence-electron chi connectivity index (χ3n) is 3.69. The van der Waals surface area contributed by atoms with Gasteiger partial charge in [-0.2, -0.15) is 0 Å². The van der Waals surface area contributed by atoms with Crippen LogP contribution in [0.1, 0.15) is 20.8 Å². The molecule has 0 aromatic heterocycles. The Morgan fingerprint density at radius 2 is 1.64 bits per heavy atom. The van der Waals surface area contributed by atoms with Gasteiger partial charge in [-0.1, -0.05) is 0 Å². The molecule has 3 heteroatoms. The number of hydrogen-bond acceptors (Lipinski definition) is 2. The third kappa shape index (κ3) is 1.65. The molecular formula is C11H20N2O. The minimum Gasteiger partial charge on any atom is -0.342 e. The molecule has 2 atom stereocenters. The topological polar surface area (TPSA) is 23.6 Å². The van der Waals surface area contributed by atoms with Crippen molar-refractivity contribution in [1.82, 2.24) is 9.80 Å². The molecule has 2 heterocycles. The molecule has 2 fully saturated rings. The van der Waals surface area contributed by atoms with Gasteiger partial charge in [-0.25, -0.2) is 0 Å². The molecule has 80 valence electrons. The summed E-state index contributed by atoms with van der Waals surface area (Å²) in [7, 11) is 0. The molecular weight excluding hydrogens is 176 g/mol. The predicted molar refractivity (Wildman–Crippen MR) is 55.9 cm³/mol. The molecule has 0 N–H and O–H groups in total. The van der Waals surface area contributed by atoms with Gasteiger partial charge < -0.3 is 9.80 Å². The fraction of sp³-hybridized carbons (Fsp3) is 0.909. The maximum absolute atomic E-state index is 11.2. The van der Waals surface area contributed by atoms with Crippen molar-refractivity contribution in [2.45, 2.75) is 26.8 Å². The molecule has 2 aliphatic heterocycles. The van der Waals surface area contributed by atoms with Crippen molar-refractivity contribution in [2.75, 3.05) is 26.2 Å². The van der Waals surface area contributed by atoms with Crippen LogP contribution in [0.5, 0.6) is 0 Å². The summed E-state index contributed by atoms with van der Waals surface area (Å²) in [5.41, 5.74) is 0. The number of nitrogens with zero attached hydrogens (tertiary/aromatic N) is 2. The first kappa shape index (κ1) is 9.97. The van der Waals surface area contributed by atoms with Crippen LogP contribution in [0.25, 0.3) is 0 Å². The monoisotopic (exact) mass is 196 g/mol. The second-order valence-electron chi connectivity index (χ2n) is 4.99. The lowest BCUT2D eigenvalue weighted by atomic mass is 10.0. The molecule has 1 amide bonds. The number of hydrogen-bond donors (Lipinski definition) is 0. The van der Waals surface area contributed by atoms with Gasteiger partial charge in [-0.15, -0.1) is 0 Å². The smallest absolute Gasteiger partial charge is 0.219 e. The number of rotatable bonds is 1. The normalized spacial score (nSPS) is 32.7. The first-order valence-corrected chi connectivity index (χ1v) is 5.57. The van der Waals surface area contributed by atoms with Crippen LogP contribution in [0.3, 0.4) is 0 Å². The first-order chi connectivity index (χ1) is 6.58. The van der Waals surface area contributed by atoms with E-state index < -0.39 is 0 Å². The fourth-order valence-corrected chi connectivity index (χ4v) is 2.71. The highest BCUT2D eigenvalue weighted by Gasteiger charge is 2.41. The van der Waals surface area contributed by atoms with Crippen molar-refractivity contribution < 1.29 is 4.79 Å². The van der Waals surface area contributed by atoms with Gasteiger partial charge in [0, 0.05) is 39.1 Å². The zero-order chi connectivity index (χ0) is 10.3. The van der Waals surface area contributed by atoms with Gasteiger partial charge in [-0.3, -0.25) is 4.79 Å². The number of carbonyl (C=O) groups excluding carboxylic acids is 1. The summed E-state index contributed by atoms with van der Waals surface area (Å²) in [6, 6.07) is 0.659. The quantitative estimate of drug-likeness (QED) is 0.619. The molecule has 2 saturated heterocycles. The van der Waals surface area contributed by atoms with Crippen molar-refractivity contribution in [3.63, 3.8) is 0 Å². The second kappa shape index (κ2) is 3.54. The minimum atomic E-state index is 0.246. The molecule has 3 nitrogen and oxygen atoms in total. The van der Waals surface area contributed by atoms with E-state index in [9.17, 15) is 4.79 Å². The van der Waals surface area contributed by atoms with E-state index in [0.29, 0.717) is 6.04 Å². The molecule has 2 rings (SSSR count). The SMILES string of the molecule is CC(=O)N1CC2CN(C(C)C)CC2C1. The van der Waals surface area contributed by atoms with Crippen molar-refractivity contribution in [3.8, 4) is 0 Å². The Morgan fingerprint density at radius 1 is 1.14 bits per heavy atom. The van der Waals surface area contributed by atoms with Gasteiger partial charge in [0.2, 0.25) is 5.91 Å². The van der Waals surface area contributed by atoms with Crippen LogP contribution >= 0.6 is 0 Å². The van der Waals surface area contributed by atoms with E-state index in [1.165, 1.54) is 13.1 Å². The summed E-state index contributed by atoms with van der Waals surface area (Å²) >= 11 is 0. The third-order valence-corrected chi connectivity index (χ3v) is 3.69. The van der Waals surface area contributed by atoms with Crippen LogP contribution in [0.15, 0.2) is 0 Å². The second-order valence-corrected chi connectivity index (χ2v) is 4.99. The van der Waals surface area contributed by atoms with Crippen molar-refractivity contribution in [1.29, 1.82) is 0 Å². The molecule has 0 radical (unpaired) electrons. The summed E-state index contributed by atoms with van der Waals surface area (Å²) in [4.78, 5) is 15.7. The molecule has 0 aliphatic carbocycles. The lowest BCUT2D eigenvalue weighted by Crippen LogP contribution is -2.34. The zero-order valence-electron chi connectivity index (χ0n) is 9.36. The Hall–Kier alpha value is -0.570. The number of carbonyl (C=O) groups is 1. The van der Waals surface area contributed by atoms with Crippen LogP contribution < -0.4 is 0 Å². The van der Waals surface area contributed by atoms with Gasteiger partial charge in [0.15, 0.2) is 0 Å². The Morgan fingerprint density at radius 3 is 2.00 bits per heavy atom. The molecule has 0 aromatic carbocycles. The van der Waals surface area contributed by atoms with Crippen LogP contribution in [0.4, 0.5) is 0 Å². The number of fused-ring (bicyclic) bond motifs is 1. The summed E-state index contributed by atoms with van der Waals surface area (Å²) in [6.45, 7) is 10.5. The van der Waals surface area contributed by atoms with Crippen LogP contribution in [-0.4, -0.2) is 47.9 Å². The van der Waals surface area contributed by atoms with Gasteiger partial charge in [0.25, 0.3) is 0 Å². The molecule has 2 aliphatic rings. The maximum Gasteiger partial charge on any atom is 0.219 e. The van der Waals surface area contributed by atoms with E-state index in [4.69, 9.17) is 0 Å². The standard InChI is InChI=1S/C11H20N2O/c1-8(2)12-4-10-6-13(9(3)14)7-11(10)5-12/h8,10-11H,4-7H2,1-3H3. The first-order valence-electron chi connectivity index (χ1n) is 5.57. The summed E-state index contributed by atoms with van der Waals surface area (Å²) < 4.78 is 0. The van der Waals surface area contributed by atoms with Crippen molar-refractivity contribution >= 4 is 5.91 Å². The summed E-state index contributed by atoms with van der Waals surface area (Å²) in [5, 5.41) is 0. The van der Waals surface area contributed by atoms with Gasteiger partial charge in [-0.05, 0) is 25.7 Å². The van der Waals surface area contributed by atoms with E-state index in [1.54, 1.807) is 6.92 Å². The molecule has 0 saturated carbocycles. The average molecular weight is 196 g/mol. The maximum atomic E-state index is 11.2. The number of likely N-dealkylation sites (tertiary alicyclic amines) is 2. The Labute approximate surface area is 86.1 Å². The van der Waals surface area contributed by atoms with E-state index >= 15 is 0 Å². The largest absolute Gasteiger partial charge is 0.342 e. The van der Waals surface area contributed by atoms with Crippen molar-refractivity contribution in [3.05, 3.63) is 0 Å². The van der Waals surface area contributed by atoms with E-state index in [0.717, 1.165) is 24.9 Å². The molecule has 0 bridgehead atoms. The minimum absolute atomic E-state index is 0.246. The van der Waals surface area contributed by atoms with E-state index in [1.807, 2.05) is 4.90 Å². The van der Waals surface area contributed by atoms with Gasteiger partial charge in [0.1, 0.15) is 0 Å². The molecule has 14 heavy (non-hydrogen) atoms. The summed E-state index contributed by atoms with van der Waals surface area (Å²) in [6.07, 6.45) is 0. The van der Waals surface area contributed by atoms with E-state index in [2.05, 4.69) is 18.7 Å². The molecule has 0 spiro atoms. The van der Waals surface area contributed by atoms with Crippen LogP contribution in [0.2, 0.25) is 0 Å².